The average Bonchev–Trinajstić information content (AvgIpc) is 2.45. The summed E-state index contributed by atoms with van der Waals surface area (Å²) in [6.07, 6.45) is 1.000. The second kappa shape index (κ2) is 6.98. The molecule has 4 heteroatoms. The van der Waals surface area contributed by atoms with Gasteiger partial charge in [0, 0.05) is 38.3 Å². The number of nitrogens with zero attached hydrogens (tertiary/aromatic N) is 1. The van der Waals surface area contributed by atoms with Gasteiger partial charge in [-0.15, -0.1) is 0 Å². The molecule has 0 aliphatic carbocycles. The van der Waals surface area contributed by atoms with Gasteiger partial charge in [-0.3, -0.25) is 4.90 Å². The molecule has 2 unspecified atom stereocenters. The van der Waals surface area contributed by atoms with Crippen LogP contribution in [0.4, 0.5) is 4.39 Å². The molecule has 19 heavy (non-hydrogen) atoms. The smallest absolute Gasteiger partial charge is 0.123 e. The van der Waals surface area contributed by atoms with Gasteiger partial charge >= 0.3 is 0 Å². The van der Waals surface area contributed by atoms with Gasteiger partial charge < -0.3 is 10.6 Å². The predicted octanol–water partition coefficient (Wildman–Crippen LogP) is 1.77. The first-order valence-electron chi connectivity index (χ1n) is 7.08. The van der Waals surface area contributed by atoms with Crippen molar-refractivity contribution in [3.05, 3.63) is 35.6 Å². The summed E-state index contributed by atoms with van der Waals surface area (Å²) in [4.78, 5) is 2.50. The van der Waals surface area contributed by atoms with E-state index in [0.717, 1.165) is 38.2 Å². The van der Waals surface area contributed by atoms with E-state index in [4.69, 9.17) is 0 Å². The predicted molar refractivity (Wildman–Crippen MR) is 76.7 cm³/mol. The van der Waals surface area contributed by atoms with E-state index in [1.165, 1.54) is 6.07 Å². The SMILES string of the molecule is CNC(CC(C)N1CCNCC1)c1cccc(F)c1. The van der Waals surface area contributed by atoms with Crippen LogP contribution in [-0.2, 0) is 0 Å². The van der Waals surface area contributed by atoms with Gasteiger partial charge in [0.25, 0.3) is 0 Å². The Morgan fingerprint density at radius 3 is 2.74 bits per heavy atom. The zero-order valence-electron chi connectivity index (χ0n) is 11.8. The van der Waals surface area contributed by atoms with E-state index in [0.29, 0.717) is 6.04 Å². The number of benzene rings is 1. The molecule has 0 bridgehead atoms. The van der Waals surface area contributed by atoms with Crippen molar-refractivity contribution in [3.8, 4) is 0 Å². The lowest BCUT2D eigenvalue weighted by Gasteiger charge is -2.34. The fourth-order valence-electron chi connectivity index (χ4n) is 2.76. The van der Waals surface area contributed by atoms with Crippen LogP contribution in [0.2, 0.25) is 0 Å². The lowest BCUT2D eigenvalue weighted by atomic mass is 9.99. The van der Waals surface area contributed by atoms with E-state index >= 15 is 0 Å². The highest BCUT2D eigenvalue weighted by Crippen LogP contribution is 2.21. The van der Waals surface area contributed by atoms with Crippen molar-refractivity contribution in [2.24, 2.45) is 0 Å². The highest BCUT2D eigenvalue weighted by atomic mass is 19.1. The zero-order valence-corrected chi connectivity index (χ0v) is 11.8. The lowest BCUT2D eigenvalue weighted by molar-refractivity contribution is 0.167. The molecule has 2 atom stereocenters. The minimum Gasteiger partial charge on any atom is -0.314 e. The molecule has 0 amide bonds. The normalized spacial score (nSPS) is 20.2. The molecule has 106 valence electrons. The van der Waals surface area contributed by atoms with Gasteiger partial charge in [-0.2, -0.15) is 0 Å². The first kappa shape index (κ1) is 14.4. The molecule has 1 aromatic carbocycles. The van der Waals surface area contributed by atoms with Gasteiger partial charge in [0.2, 0.25) is 0 Å². The second-order valence-corrected chi connectivity index (χ2v) is 5.27. The molecule has 3 nitrogen and oxygen atoms in total. The van der Waals surface area contributed by atoms with Crippen molar-refractivity contribution in [2.75, 3.05) is 33.2 Å². The van der Waals surface area contributed by atoms with Crippen LogP contribution in [0.15, 0.2) is 24.3 Å². The monoisotopic (exact) mass is 265 g/mol. The van der Waals surface area contributed by atoms with Gasteiger partial charge in [-0.1, -0.05) is 12.1 Å². The van der Waals surface area contributed by atoms with Crippen LogP contribution in [0.25, 0.3) is 0 Å². The third-order valence-electron chi connectivity index (χ3n) is 3.95. The maximum absolute atomic E-state index is 13.3. The number of hydrogen-bond acceptors (Lipinski definition) is 3. The molecule has 2 rings (SSSR count). The van der Waals surface area contributed by atoms with E-state index in [1.54, 1.807) is 12.1 Å². The van der Waals surface area contributed by atoms with Crippen LogP contribution in [0, 0.1) is 5.82 Å². The molecular formula is C15H24FN3. The average molecular weight is 265 g/mol. The lowest BCUT2D eigenvalue weighted by Crippen LogP contribution is -2.48. The third-order valence-corrected chi connectivity index (χ3v) is 3.95. The Morgan fingerprint density at radius 2 is 2.11 bits per heavy atom. The molecule has 0 aromatic heterocycles. The summed E-state index contributed by atoms with van der Waals surface area (Å²) < 4.78 is 13.3. The van der Waals surface area contributed by atoms with Crippen molar-refractivity contribution >= 4 is 0 Å². The Labute approximate surface area is 115 Å². The summed E-state index contributed by atoms with van der Waals surface area (Å²) in [6.45, 7) is 6.58. The van der Waals surface area contributed by atoms with Crippen molar-refractivity contribution in [3.63, 3.8) is 0 Å². The first-order chi connectivity index (χ1) is 9.20. The van der Waals surface area contributed by atoms with E-state index in [2.05, 4.69) is 22.5 Å². The van der Waals surface area contributed by atoms with Gasteiger partial charge in [0.05, 0.1) is 0 Å². The maximum Gasteiger partial charge on any atom is 0.123 e. The van der Waals surface area contributed by atoms with E-state index in [9.17, 15) is 4.39 Å². The highest BCUT2D eigenvalue weighted by Gasteiger charge is 2.20. The summed E-state index contributed by atoms with van der Waals surface area (Å²) in [5.41, 5.74) is 1.03. The van der Waals surface area contributed by atoms with Crippen molar-refractivity contribution < 1.29 is 4.39 Å². The Morgan fingerprint density at radius 1 is 1.37 bits per heavy atom. The number of halogens is 1. The molecule has 1 aliphatic heterocycles. The summed E-state index contributed by atoms with van der Waals surface area (Å²) >= 11 is 0. The minimum absolute atomic E-state index is 0.160. The van der Waals surface area contributed by atoms with Crippen LogP contribution >= 0.6 is 0 Å². The highest BCUT2D eigenvalue weighted by molar-refractivity contribution is 5.20. The van der Waals surface area contributed by atoms with Crippen molar-refractivity contribution in [1.29, 1.82) is 0 Å². The first-order valence-corrected chi connectivity index (χ1v) is 7.08. The van der Waals surface area contributed by atoms with E-state index < -0.39 is 0 Å². The quantitative estimate of drug-likeness (QED) is 0.849. The Bertz CT molecular complexity index is 391. The molecular weight excluding hydrogens is 241 g/mol. The van der Waals surface area contributed by atoms with Crippen molar-refractivity contribution in [2.45, 2.75) is 25.4 Å². The third kappa shape index (κ3) is 4.00. The summed E-state index contributed by atoms with van der Waals surface area (Å²) in [5, 5.41) is 6.68. The molecule has 1 heterocycles. The molecule has 0 radical (unpaired) electrons. The van der Waals surface area contributed by atoms with E-state index in [1.807, 2.05) is 13.1 Å². The molecule has 0 saturated carbocycles. The van der Waals surface area contributed by atoms with Gasteiger partial charge in [0.15, 0.2) is 0 Å². The fraction of sp³-hybridized carbons (Fsp3) is 0.600. The van der Waals surface area contributed by atoms with Gasteiger partial charge in [-0.25, -0.2) is 4.39 Å². The number of hydrogen-bond donors (Lipinski definition) is 2. The standard InChI is InChI=1S/C15H24FN3/c1-12(19-8-6-18-7-9-19)10-15(17-2)13-4-3-5-14(16)11-13/h3-5,11-12,15,17-18H,6-10H2,1-2H3. The van der Waals surface area contributed by atoms with Crippen LogP contribution in [-0.4, -0.2) is 44.2 Å². The Hall–Kier alpha value is -0.970. The second-order valence-electron chi connectivity index (χ2n) is 5.27. The molecule has 0 spiro atoms. The minimum atomic E-state index is -0.160. The topological polar surface area (TPSA) is 27.3 Å². The number of rotatable bonds is 5. The molecule has 1 fully saturated rings. The number of piperazine rings is 1. The van der Waals surface area contributed by atoms with Crippen LogP contribution in [0.1, 0.15) is 24.9 Å². The molecule has 1 saturated heterocycles. The van der Waals surface area contributed by atoms with Gasteiger partial charge in [0.1, 0.15) is 5.82 Å². The Kier molecular flexibility index (Phi) is 5.31. The maximum atomic E-state index is 13.3. The summed E-state index contributed by atoms with van der Waals surface area (Å²) in [5.74, 6) is -0.160. The van der Waals surface area contributed by atoms with Crippen LogP contribution in [0.5, 0.6) is 0 Å². The summed E-state index contributed by atoms with van der Waals surface area (Å²) in [7, 11) is 1.94. The van der Waals surface area contributed by atoms with Crippen LogP contribution < -0.4 is 10.6 Å². The molecule has 2 N–H and O–H groups in total. The zero-order chi connectivity index (χ0) is 13.7. The summed E-state index contributed by atoms with van der Waals surface area (Å²) in [6, 6.07) is 7.62. The fourth-order valence-corrected chi connectivity index (χ4v) is 2.76. The number of nitrogens with one attached hydrogen (secondary N) is 2. The van der Waals surface area contributed by atoms with Crippen molar-refractivity contribution in [1.82, 2.24) is 15.5 Å². The molecule has 1 aromatic rings. The van der Waals surface area contributed by atoms with Crippen LogP contribution in [0.3, 0.4) is 0 Å². The van der Waals surface area contributed by atoms with E-state index in [-0.39, 0.29) is 11.9 Å². The largest absolute Gasteiger partial charge is 0.314 e. The Balaban J connectivity index is 1.98. The van der Waals surface area contributed by atoms with Gasteiger partial charge in [-0.05, 0) is 38.1 Å². The molecule has 1 aliphatic rings.